The second-order valence-corrected chi connectivity index (χ2v) is 8.95. The molecule has 18 heteroatoms. The van der Waals surface area contributed by atoms with Crippen LogP contribution in [0.1, 0.15) is 75.2 Å². The topological polar surface area (TPSA) is 260 Å². The monoisotopic (exact) mass is 625 g/mol. The first-order valence-corrected chi connectivity index (χ1v) is 12.5. The number of ether oxygens (including phenoxy) is 3. The fourth-order valence-electron chi connectivity index (χ4n) is 2.31. The van der Waals surface area contributed by atoms with E-state index in [9.17, 15) is 33.6 Å². The van der Waals surface area contributed by atoms with Crippen LogP contribution in [-0.4, -0.2) is 91.8 Å². The number of carbonyl (C=O) groups excluding carboxylic acids is 7. The molecule has 0 bridgehead atoms. The van der Waals surface area contributed by atoms with Crippen molar-refractivity contribution in [2.24, 2.45) is 11.7 Å². The third kappa shape index (κ3) is 30.9. The largest absolute Gasteiger partial charge is 0.443 e. The summed E-state index contributed by atoms with van der Waals surface area (Å²) in [7, 11) is 0. The molecule has 1 fully saturated rings. The van der Waals surface area contributed by atoms with Crippen LogP contribution in [0.2, 0.25) is 0 Å². The smallest absolute Gasteiger partial charge is 0.421 e. The summed E-state index contributed by atoms with van der Waals surface area (Å²) < 4.78 is 14.8. The molecule has 252 valence electrons. The maximum Gasteiger partial charge on any atom is 0.421 e. The standard InChI is InChI=1S/C11H16N2O6.C7H15N3O3.C5H12N2O2.2CH4/c1-8(14)12-5-7-18-6-4-11(17)19-13-9(15)2-3-10(13)16;1-6(11)9-3-5-13-4-2-7(12)10-8;1-5(2,3)9-4(8)7-6;;/h2-7H2,1H3,(H,12,14);2-5,8H2,1H3,(H,9,11)(H,10,12);6H2,1-3H3,(H,7,8);2*1H4. The minimum atomic E-state index is -0.705. The van der Waals surface area contributed by atoms with E-state index in [2.05, 4.69) is 15.5 Å². The lowest BCUT2D eigenvalue weighted by Gasteiger charge is -2.18. The number of hydrazine groups is 2. The van der Waals surface area contributed by atoms with Crippen molar-refractivity contribution >= 4 is 41.6 Å². The number of rotatable bonds is 13. The summed E-state index contributed by atoms with van der Waals surface area (Å²) in [6, 6.07) is 0. The molecular weight excluding hydrogens is 574 g/mol. The van der Waals surface area contributed by atoms with Gasteiger partial charge in [-0.15, -0.1) is 5.06 Å². The summed E-state index contributed by atoms with van der Waals surface area (Å²) in [5.74, 6) is 7.35. The molecule has 8 N–H and O–H groups in total. The molecule has 1 saturated heterocycles. The van der Waals surface area contributed by atoms with Crippen molar-refractivity contribution in [3.63, 3.8) is 0 Å². The molecule has 0 aromatic heterocycles. The van der Waals surface area contributed by atoms with Gasteiger partial charge in [-0.05, 0) is 20.8 Å². The Kier molecular flexibility index (Phi) is 28.9. The average Bonchev–Trinajstić information content (AvgIpc) is 3.19. The lowest BCUT2D eigenvalue weighted by atomic mass is 10.2. The minimum absolute atomic E-state index is 0. The first kappa shape index (κ1) is 46.1. The van der Waals surface area contributed by atoms with Crippen LogP contribution in [0.4, 0.5) is 4.79 Å². The van der Waals surface area contributed by atoms with Gasteiger partial charge in [-0.1, -0.05) is 14.9 Å². The predicted octanol–water partition coefficient (Wildman–Crippen LogP) is -0.687. The number of hydrogen-bond acceptors (Lipinski definition) is 13. The zero-order chi connectivity index (χ0) is 31.8. The van der Waals surface area contributed by atoms with Gasteiger partial charge >= 0.3 is 12.1 Å². The minimum Gasteiger partial charge on any atom is -0.443 e. The molecule has 0 unspecified atom stereocenters. The van der Waals surface area contributed by atoms with Crippen LogP contribution in [0.5, 0.6) is 0 Å². The van der Waals surface area contributed by atoms with E-state index in [1.165, 1.54) is 13.8 Å². The van der Waals surface area contributed by atoms with Crippen LogP contribution in [-0.2, 0) is 47.8 Å². The molecule has 18 nitrogen and oxygen atoms in total. The number of hydroxylamine groups is 2. The Morgan fingerprint density at radius 2 is 1.21 bits per heavy atom. The number of amides is 6. The maximum absolute atomic E-state index is 11.3. The Bertz CT molecular complexity index is 849. The first-order chi connectivity index (χ1) is 19.1. The fraction of sp³-hybridized carbons (Fsp3) is 0.720. The highest BCUT2D eigenvalue weighted by atomic mass is 16.7. The molecule has 1 rings (SSSR count). The van der Waals surface area contributed by atoms with Gasteiger partial charge < -0.3 is 29.7 Å². The Morgan fingerprint density at radius 1 is 0.767 bits per heavy atom. The molecule has 6 amide bonds. The normalized spacial score (nSPS) is 11.6. The van der Waals surface area contributed by atoms with E-state index < -0.39 is 29.5 Å². The van der Waals surface area contributed by atoms with Gasteiger partial charge in [0.2, 0.25) is 17.7 Å². The van der Waals surface area contributed by atoms with Gasteiger partial charge in [-0.2, -0.15) is 0 Å². The molecule has 0 saturated carbocycles. The second-order valence-electron chi connectivity index (χ2n) is 8.95. The van der Waals surface area contributed by atoms with Gasteiger partial charge in [0.05, 0.1) is 39.3 Å². The van der Waals surface area contributed by atoms with Crippen molar-refractivity contribution < 1.29 is 52.6 Å². The van der Waals surface area contributed by atoms with E-state index in [4.69, 9.17) is 25.9 Å². The second kappa shape index (κ2) is 27.0. The molecular formula is C25H51N7O11. The predicted molar refractivity (Wildman–Crippen MR) is 155 cm³/mol. The van der Waals surface area contributed by atoms with E-state index in [0.717, 1.165) is 0 Å². The molecule has 1 aliphatic rings. The third-order valence-corrected chi connectivity index (χ3v) is 4.04. The lowest BCUT2D eigenvalue weighted by Crippen LogP contribution is -2.36. The summed E-state index contributed by atoms with van der Waals surface area (Å²) in [5.41, 5.74) is 3.38. The SMILES string of the molecule is C.C.CC(=O)NCCOCCC(=O)NN.CC(=O)NCCOCCC(=O)ON1C(=O)CCC1=O.CC(C)(C)OC(=O)NN. The molecule has 1 heterocycles. The highest BCUT2D eigenvalue weighted by molar-refractivity contribution is 6.01. The molecule has 43 heavy (non-hydrogen) atoms. The number of imide groups is 1. The Labute approximate surface area is 253 Å². The number of nitrogens with zero attached hydrogens (tertiary/aromatic N) is 1. The van der Waals surface area contributed by atoms with Gasteiger partial charge in [-0.25, -0.2) is 21.3 Å². The van der Waals surface area contributed by atoms with Crippen molar-refractivity contribution in [2.45, 2.75) is 80.8 Å². The van der Waals surface area contributed by atoms with E-state index in [1.54, 1.807) is 20.8 Å². The summed E-state index contributed by atoms with van der Waals surface area (Å²) in [5, 5.41) is 5.58. The zero-order valence-corrected chi connectivity index (χ0v) is 24.2. The van der Waals surface area contributed by atoms with Gasteiger partial charge in [0.15, 0.2) is 0 Å². The lowest BCUT2D eigenvalue weighted by molar-refractivity contribution is -0.198. The summed E-state index contributed by atoms with van der Waals surface area (Å²) in [6.45, 7) is 10.0. The number of nitrogens with two attached hydrogens (primary N) is 2. The molecule has 0 aromatic carbocycles. The summed E-state index contributed by atoms with van der Waals surface area (Å²) >= 11 is 0. The molecule has 0 atom stereocenters. The fourth-order valence-corrected chi connectivity index (χ4v) is 2.31. The van der Waals surface area contributed by atoms with Crippen LogP contribution in [0.25, 0.3) is 0 Å². The van der Waals surface area contributed by atoms with Gasteiger partial charge in [0.25, 0.3) is 11.8 Å². The van der Waals surface area contributed by atoms with Crippen molar-refractivity contribution in [1.29, 1.82) is 0 Å². The highest BCUT2D eigenvalue weighted by Gasteiger charge is 2.32. The van der Waals surface area contributed by atoms with Crippen LogP contribution < -0.4 is 33.2 Å². The summed E-state index contributed by atoms with van der Waals surface area (Å²) in [6.07, 6.45) is -0.311. The van der Waals surface area contributed by atoms with Crippen molar-refractivity contribution in [2.75, 3.05) is 39.5 Å². The average molecular weight is 626 g/mol. The van der Waals surface area contributed by atoms with E-state index in [0.29, 0.717) is 31.4 Å². The number of nitrogens with one attached hydrogen (secondary N) is 4. The first-order valence-electron chi connectivity index (χ1n) is 12.5. The van der Waals surface area contributed by atoms with Gasteiger partial charge in [0, 0.05) is 39.8 Å². The van der Waals surface area contributed by atoms with Gasteiger partial charge in [-0.3, -0.25) is 34.8 Å². The Morgan fingerprint density at radius 3 is 1.56 bits per heavy atom. The van der Waals surface area contributed by atoms with Crippen LogP contribution >= 0.6 is 0 Å². The maximum atomic E-state index is 11.3. The Balaban J connectivity index is -0.000000278. The van der Waals surface area contributed by atoms with Crippen LogP contribution in [0, 0.1) is 0 Å². The van der Waals surface area contributed by atoms with Crippen molar-refractivity contribution in [3.05, 3.63) is 0 Å². The number of hydrogen-bond donors (Lipinski definition) is 6. The molecule has 1 aliphatic heterocycles. The molecule has 0 spiro atoms. The van der Waals surface area contributed by atoms with Crippen molar-refractivity contribution in [3.8, 4) is 0 Å². The summed E-state index contributed by atoms with van der Waals surface area (Å²) in [4.78, 5) is 80.1. The molecule has 0 aromatic rings. The quantitative estimate of drug-likeness (QED) is 0.0487. The van der Waals surface area contributed by atoms with Crippen molar-refractivity contribution in [1.82, 2.24) is 26.5 Å². The third-order valence-electron chi connectivity index (χ3n) is 4.04. The van der Waals surface area contributed by atoms with Gasteiger partial charge in [0.1, 0.15) is 5.60 Å². The van der Waals surface area contributed by atoms with Crippen LogP contribution in [0.3, 0.4) is 0 Å². The zero-order valence-electron chi connectivity index (χ0n) is 24.2. The Hall–Kier alpha value is -3.87. The highest BCUT2D eigenvalue weighted by Crippen LogP contribution is 2.12. The van der Waals surface area contributed by atoms with E-state index in [-0.39, 0.29) is 71.5 Å². The molecule has 0 radical (unpaired) electrons. The van der Waals surface area contributed by atoms with E-state index in [1.807, 2.05) is 10.9 Å². The van der Waals surface area contributed by atoms with Crippen LogP contribution in [0.15, 0.2) is 0 Å². The number of carbonyl (C=O) groups is 7. The molecule has 0 aliphatic carbocycles. The van der Waals surface area contributed by atoms with E-state index >= 15 is 0 Å².